The molecule has 1 aliphatic rings. The van der Waals surface area contributed by atoms with Gasteiger partial charge in [-0.15, -0.1) is 10.2 Å². The van der Waals surface area contributed by atoms with Crippen molar-refractivity contribution in [2.75, 3.05) is 24.7 Å². The largest absolute Gasteiger partial charge is 0.322 e. The number of aromatic nitrogens is 3. The van der Waals surface area contributed by atoms with Crippen LogP contribution in [-0.2, 0) is 16.9 Å². The highest BCUT2D eigenvalue weighted by Crippen LogP contribution is 2.34. The number of benzene rings is 1. The van der Waals surface area contributed by atoms with E-state index in [1.54, 1.807) is 18.1 Å². The Morgan fingerprint density at radius 2 is 2.12 bits per heavy atom. The van der Waals surface area contributed by atoms with E-state index in [1.807, 2.05) is 35.9 Å². The first-order chi connectivity index (χ1) is 12.2. The molecule has 0 aliphatic carbocycles. The van der Waals surface area contributed by atoms with Gasteiger partial charge in [-0.1, -0.05) is 23.9 Å². The van der Waals surface area contributed by atoms with Gasteiger partial charge in [-0.25, -0.2) is 13.2 Å². The molecular formula is C16H21N5O3S2. The van der Waals surface area contributed by atoms with Crippen LogP contribution in [0.1, 0.15) is 17.7 Å². The summed E-state index contributed by atoms with van der Waals surface area (Å²) < 4.78 is 24.7. The van der Waals surface area contributed by atoms with Crippen LogP contribution in [0.15, 0.2) is 35.7 Å². The van der Waals surface area contributed by atoms with E-state index in [4.69, 9.17) is 0 Å². The summed E-state index contributed by atoms with van der Waals surface area (Å²) in [4.78, 5) is 13.7. The Hall–Kier alpha value is -2.07. The van der Waals surface area contributed by atoms with E-state index in [2.05, 4.69) is 22.4 Å². The van der Waals surface area contributed by atoms with E-state index < -0.39 is 15.1 Å². The zero-order valence-corrected chi connectivity index (χ0v) is 16.4. The third kappa shape index (κ3) is 4.18. The van der Waals surface area contributed by atoms with E-state index in [0.29, 0.717) is 5.69 Å². The van der Waals surface area contributed by atoms with Crippen molar-refractivity contribution in [2.45, 2.75) is 22.6 Å². The summed E-state index contributed by atoms with van der Waals surface area (Å²) in [6.45, 7) is 2.54. The Bertz CT molecular complexity index is 906. The number of anilines is 1. The van der Waals surface area contributed by atoms with E-state index >= 15 is 0 Å². The van der Waals surface area contributed by atoms with E-state index in [1.165, 1.54) is 11.2 Å². The van der Waals surface area contributed by atoms with Gasteiger partial charge in [-0.3, -0.25) is 0 Å². The highest BCUT2D eigenvalue weighted by atomic mass is 32.2. The number of aryl methyl sites for hydroxylation is 1. The van der Waals surface area contributed by atoms with E-state index in [0.717, 1.165) is 10.7 Å². The van der Waals surface area contributed by atoms with Crippen molar-refractivity contribution in [2.24, 2.45) is 7.05 Å². The minimum Gasteiger partial charge on any atom is -0.322 e. The van der Waals surface area contributed by atoms with Crippen molar-refractivity contribution >= 4 is 33.3 Å². The first-order valence-corrected chi connectivity index (χ1v) is 10.9. The average molecular weight is 396 g/mol. The minimum atomic E-state index is -3.09. The number of likely N-dealkylation sites (tertiary alicyclic amines) is 1. The summed E-state index contributed by atoms with van der Waals surface area (Å²) in [5, 5.41) is 11.3. The average Bonchev–Trinajstić information content (AvgIpc) is 2.89. The van der Waals surface area contributed by atoms with Crippen LogP contribution >= 0.6 is 11.8 Å². The zero-order valence-electron chi connectivity index (χ0n) is 14.8. The molecule has 0 saturated carbocycles. The predicted octanol–water partition coefficient (Wildman–Crippen LogP) is 1.93. The molecule has 1 aromatic carbocycles. The summed E-state index contributed by atoms with van der Waals surface area (Å²) >= 11 is 1.58. The number of rotatable bonds is 5. The number of nitrogens with one attached hydrogen (secondary N) is 1. The number of nitrogens with zero attached hydrogens (tertiary/aromatic N) is 4. The molecule has 0 spiro atoms. The molecule has 8 nitrogen and oxygen atoms in total. The van der Waals surface area contributed by atoms with Gasteiger partial charge < -0.3 is 14.8 Å². The lowest BCUT2D eigenvalue weighted by atomic mass is 10.1. The van der Waals surface area contributed by atoms with Gasteiger partial charge in [0.1, 0.15) is 6.33 Å². The number of thioether (sulfide) groups is 1. The van der Waals surface area contributed by atoms with Gasteiger partial charge in [0.15, 0.2) is 15.0 Å². The van der Waals surface area contributed by atoms with Gasteiger partial charge in [0, 0.05) is 37.3 Å². The van der Waals surface area contributed by atoms with E-state index in [9.17, 15) is 13.2 Å². The summed E-state index contributed by atoms with van der Waals surface area (Å²) in [6.07, 6.45) is 2.86. The van der Waals surface area contributed by atoms with Gasteiger partial charge in [-0.05, 0) is 24.6 Å². The maximum atomic E-state index is 12.2. The first kappa shape index (κ1) is 18.7. The smallest absolute Gasteiger partial charge is 0.321 e. The lowest BCUT2D eigenvalue weighted by molar-refractivity contribution is 0.183. The molecule has 2 amide bonds. The Balaban J connectivity index is 1.61. The molecule has 1 aliphatic heterocycles. The SMILES string of the molecule is C[C@H](Sc1nncn1C)c1cccc(NC(=O)N2CC(S(C)(=O)=O)C2)c1. The summed E-state index contributed by atoms with van der Waals surface area (Å²) in [6, 6.07) is 7.33. The second kappa shape index (κ2) is 7.28. The molecule has 1 saturated heterocycles. The van der Waals surface area contributed by atoms with Crippen LogP contribution in [0.4, 0.5) is 10.5 Å². The highest BCUT2D eigenvalue weighted by Gasteiger charge is 2.37. The lowest BCUT2D eigenvalue weighted by Gasteiger charge is -2.37. The Morgan fingerprint density at radius 3 is 2.73 bits per heavy atom. The second-order valence-electron chi connectivity index (χ2n) is 6.40. The third-order valence-corrected chi connectivity index (χ3v) is 7.02. The maximum absolute atomic E-state index is 12.2. The Labute approximate surface area is 156 Å². The molecule has 2 aromatic rings. The fourth-order valence-corrected chi connectivity index (χ4v) is 4.36. The van der Waals surface area contributed by atoms with Gasteiger partial charge in [-0.2, -0.15) is 0 Å². The van der Waals surface area contributed by atoms with Crippen LogP contribution in [0.5, 0.6) is 0 Å². The van der Waals surface area contributed by atoms with Crippen LogP contribution in [-0.4, -0.2) is 58.7 Å². The fourth-order valence-electron chi connectivity index (χ4n) is 2.55. The van der Waals surface area contributed by atoms with Crippen molar-refractivity contribution < 1.29 is 13.2 Å². The van der Waals surface area contributed by atoms with Crippen molar-refractivity contribution in [1.82, 2.24) is 19.7 Å². The number of hydrogen-bond donors (Lipinski definition) is 1. The number of hydrogen-bond acceptors (Lipinski definition) is 6. The molecule has 1 aromatic heterocycles. The molecule has 26 heavy (non-hydrogen) atoms. The number of carbonyl (C=O) groups excluding carboxylic acids is 1. The van der Waals surface area contributed by atoms with Gasteiger partial charge >= 0.3 is 6.03 Å². The standard InChI is InChI=1S/C16H21N5O3S2/c1-11(25-16-19-17-10-20(16)2)12-5-4-6-13(7-12)18-15(22)21-8-14(9-21)26(3,23)24/h4-7,10-11,14H,8-9H2,1-3H3,(H,18,22)/t11-/m0/s1. The molecule has 1 fully saturated rings. The van der Waals surface area contributed by atoms with Crippen LogP contribution in [0.25, 0.3) is 0 Å². The molecule has 2 heterocycles. The van der Waals surface area contributed by atoms with Crippen molar-refractivity contribution in [3.05, 3.63) is 36.2 Å². The molecule has 10 heteroatoms. The molecule has 1 N–H and O–H groups in total. The first-order valence-electron chi connectivity index (χ1n) is 8.09. The predicted molar refractivity (Wildman–Crippen MR) is 101 cm³/mol. The Kier molecular flexibility index (Phi) is 5.24. The van der Waals surface area contributed by atoms with Gasteiger partial charge in [0.05, 0.1) is 5.25 Å². The van der Waals surface area contributed by atoms with Gasteiger partial charge in [0.2, 0.25) is 0 Å². The van der Waals surface area contributed by atoms with Crippen LogP contribution in [0, 0.1) is 0 Å². The minimum absolute atomic E-state index is 0.133. The molecule has 3 rings (SSSR count). The monoisotopic (exact) mass is 395 g/mol. The summed E-state index contributed by atoms with van der Waals surface area (Å²) in [7, 11) is -1.20. The Morgan fingerprint density at radius 1 is 1.38 bits per heavy atom. The number of amides is 2. The normalized spacial score (nSPS) is 16.2. The zero-order chi connectivity index (χ0) is 18.9. The van der Waals surface area contributed by atoms with Crippen molar-refractivity contribution in [3.63, 3.8) is 0 Å². The molecular weight excluding hydrogens is 374 g/mol. The van der Waals surface area contributed by atoms with Crippen molar-refractivity contribution in [1.29, 1.82) is 0 Å². The second-order valence-corrected chi connectivity index (χ2v) is 10.0. The quantitative estimate of drug-likeness (QED) is 0.777. The molecule has 1 atom stereocenters. The third-order valence-electron chi connectivity index (χ3n) is 4.30. The number of sulfone groups is 1. The van der Waals surface area contributed by atoms with Crippen LogP contribution in [0.3, 0.4) is 0 Å². The lowest BCUT2D eigenvalue weighted by Crippen LogP contribution is -2.57. The van der Waals surface area contributed by atoms with Crippen molar-refractivity contribution in [3.8, 4) is 0 Å². The van der Waals surface area contributed by atoms with E-state index in [-0.39, 0.29) is 24.4 Å². The van der Waals surface area contributed by atoms with Gasteiger partial charge in [0.25, 0.3) is 0 Å². The number of carbonyl (C=O) groups is 1. The molecule has 0 unspecified atom stereocenters. The maximum Gasteiger partial charge on any atom is 0.321 e. The molecule has 0 radical (unpaired) electrons. The van der Waals surface area contributed by atoms with Crippen LogP contribution in [0.2, 0.25) is 0 Å². The molecule has 0 bridgehead atoms. The summed E-state index contributed by atoms with van der Waals surface area (Å²) in [5.41, 5.74) is 1.73. The topological polar surface area (TPSA) is 97.2 Å². The fraction of sp³-hybridized carbons (Fsp3) is 0.438. The molecule has 140 valence electrons. The highest BCUT2D eigenvalue weighted by molar-refractivity contribution is 7.99. The summed E-state index contributed by atoms with van der Waals surface area (Å²) in [5.74, 6) is 0. The van der Waals surface area contributed by atoms with Crippen LogP contribution < -0.4 is 5.32 Å². The number of urea groups is 1.